The maximum atomic E-state index is 13.0. The maximum absolute atomic E-state index is 13.0. The van der Waals surface area contributed by atoms with Gasteiger partial charge in [-0.3, -0.25) is 9.59 Å². The second kappa shape index (κ2) is 9.14. The van der Waals surface area contributed by atoms with Crippen LogP contribution in [0.4, 0.5) is 5.69 Å². The smallest absolute Gasteiger partial charge is 0.254 e. The van der Waals surface area contributed by atoms with E-state index in [1.165, 1.54) is 0 Å². The lowest BCUT2D eigenvalue weighted by Gasteiger charge is -2.26. The highest BCUT2D eigenvalue weighted by Crippen LogP contribution is 2.31. The summed E-state index contributed by atoms with van der Waals surface area (Å²) in [5.74, 6) is 2.34. The molecule has 1 N–H and O–H groups in total. The van der Waals surface area contributed by atoms with Crippen LogP contribution < -0.4 is 10.1 Å². The Morgan fingerprint density at radius 1 is 1.09 bits per heavy atom. The largest absolute Gasteiger partial charge is 0.497 e. The van der Waals surface area contributed by atoms with E-state index >= 15 is 0 Å². The molecule has 0 fully saturated rings. The first-order valence-electron chi connectivity index (χ1n) is 11.2. The third kappa shape index (κ3) is 5.45. The van der Waals surface area contributed by atoms with Crippen LogP contribution in [0.5, 0.6) is 5.75 Å². The maximum Gasteiger partial charge on any atom is 0.254 e. The van der Waals surface area contributed by atoms with Gasteiger partial charge >= 0.3 is 0 Å². The van der Waals surface area contributed by atoms with Crippen LogP contribution in [0.2, 0.25) is 0 Å². The molecule has 0 atom stereocenters. The van der Waals surface area contributed by atoms with E-state index in [9.17, 15) is 9.59 Å². The average Bonchev–Trinajstić information content (AvgIpc) is 3.21. The van der Waals surface area contributed by atoms with Crippen molar-refractivity contribution in [1.29, 1.82) is 0 Å². The van der Waals surface area contributed by atoms with Crippen molar-refractivity contribution in [2.24, 2.45) is 5.41 Å². The number of nitrogens with zero attached hydrogens (tertiary/aromatic N) is 1. The molecule has 6 heteroatoms. The zero-order valence-corrected chi connectivity index (χ0v) is 19.6. The first-order valence-corrected chi connectivity index (χ1v) is 11.2. The monoisotopic (exact) mass is 446 g/mol. The summed E-state index contributed by atoms with van der Waals surface area (Å²) in [6.07, 6.45) is 1.14. The van der Waals surface area contributed by atoms with Gasteiger partial charge in [-0.1, -0.05) is 26.8 Å². The van der Waals surface area contributed by atoms with E-state index < -0.39 is 0 Å². The lowest BCUT2D eigenvalue weighted by molar-refractivity contribution is -0.117. The SMILES string of the molecule is COc1cccc(C(=O)N2CCc3oc(-c4ccc(NC(=O)CC(C)(C)C)cc4)cc3C2)c1. The first kappa shape index (κ1) is 22.6. The predicted octanol–water partition coefficient (Wildman–Crippen LogP) is 5.53. The number of hydrogen-bond acceptors (Lipinski definition) is 4. The Morgan fingerprint density at radius 3 is 2.55 bits per heavy atom. The van der Waals surface area contributed by atoms with Gasteiger partial charge in [0.1, 0.15) is 17.3 Å². The molecule has 0 saturated carbocycles. The van der Waals surface area contributed by atoms with Crippen molar-refractivity contribution in [2.45, 2.75) is 40.2 Å². The molecule has 172 valence electrons. The van der Waals surface area contributed by atoms with E-state index in [0.29, 0.717) is 37.2 Å². The quantitative estimate of drug-likeness (QED) is 0.559. The van der Waals surface area contributed by atoms with Crippen molar-refractivity contribution >= 4 is 17.5 Å². The van der Waals surface area contributed by atoms with Gasteiger partial charge in [0.25, 0.3) is 5.91 Å². The number of rotatable bonds is 5. The number of ether oxygens (including phenoxy) is 1. The van der Waals surface area contributed by atoms with Gasteiger partial charge in [-0.15, -0.1) is 0 Å². The molecule has 1 aliphatic heterocycles. The Morgan fingerprint density at radius 2 is 1.85 bits per heavy atom. The Hall–Kier alpha value is -3.54. The van der Waals surface area contributed by atoms with Crippen LogP contribution in [0.25, 0.3) is 11.3 Å². The molecule has 2 amide bonds. The topological polar surface area (TPSA) is 71.8 Å². The number of furan rings is 1. The predicted molar refractivity (Wildman–Crippen MR) is 128 cm³/mol. The van der Waals surface area contributed by atoms with Crippen molar-refractivity contribution in [3.63, 3.8) is 0 Å². The van der Waals surface area contributed by atoms with E-state index in [0.717, 1.165) is 28.3 Å². The fourth-order valence-corrected chi connectivity index (χ4v) is 3.99. The van der Waals surface area contributed by atoms with Crippen LogP contribution in [0.1, 0.15) is 48.9 Å². The molecule has 0 spiro atoms. The van der Waals surface area contributed by atoms with Crippen LogP contribution in [0.3, 0.4) is 0 Å². The van der Waals surface area contributed by atoms with Crippen molar-refractivity contribution in [3.05, 3.63) is 71.5 Å². The summed E-state index contributed by atoms with van der Waals surface area (Å²) in [6.45, 7) is 7.24. The molecule has 2 heterocycles. The standard InChI is InChI=1S/C27H30N2O4/c1-27(2,3)16-25(30)28-21-10-8-18(9-11-21)24-15-20-17-29(13-12-23(20)33-24)26(31)19-6-5-7-22(14-19)32-4/h5-11,14-15H,12-13,16-17H2,1-4H3,(H,28,30). The lowest BCUT2D eigenvalue weighted by Crippen LogP contribution is -2.35. The van der Waals surface area contributed by atoms with Crippen LogP contribution in [-0.2, 0) is 17.8 Å². The van der Waals surface area contributed by atoms with Gasteiger partial charge in [-0.2, -0.15) is 0 Å². The Bertz CT molecular complexity index is 1160. The second-order valence-electron chi connectivity index (χ2n) is 9.63. The molecule has 0 radical (unpaired) electrons. The van der Waals surface area contributed by atoms with Crippen LogP contribution >= 0.6 is 0 Å². The van der Waals surface area contributed by atoms with Gasteiger partial charge in [0.15, 0.2) is 0 Å². The zero-order chi connectivity index (χ0) is 23.6. The molecule has 0 bridgehead atoms. The molecule has 33 heavy (non-hydrogen) atoms. The van der Waals surface area contributed by atoms with Crippen molar-refractivity contribution in [3.8, 4) is 17.1 Å². The molecule has 1 aromatic heterocycles. The van der Waals surface area contributed by atoms with Gasteiger partial charge in [0, 0.05) is 48.3 Å². The minimum atomic E-state index is -0.0564. The number of benzene rings is 2. The summed E-state index contributed by atoms with van der Waals surface area (Å²) in [5, 5.41) is 2.95. The number of fused-ring (bicyclic) bond motifs is 1. The number of hydrogen-bond donors (Lipinski definition) is 1. The number of nitrogens with one attached hydrogen (secondary N) is 1. The Labute approximate surface area is 194 Å². The Kier molecular flexibility index (Phi) is 6.27. The number of carbonyl (C=O) groups is 2. The van der Waals surface area contributed by atoms with Gasteiger partial charge in [-0.05, 0) is 53.9 Å². The van der Waals surface area contributed by atoms with Crippen molar-refractivity contribution in [1.82, 2.24) is 4.90 Å². The van der Waals surface area contributed by atoms with Gasteiger partial charge in [0.2, 0.25) is 5.91 Å². The first-order chi connectivity index (χ1) is 15.7. The molecule has 4 rings (SSSR count). The molecule has 6 nitrogen and oxygen atoms in total. The van der Waals surface area contributed by atoms with Crippen LogP contribution in [0, 0.1) is 5.41 Å². The van der Waals surface area contributed by atoms with Crippen LogP contribution in [0.15, 0.2) is 59.0 Å². The van der Waals surface area contributed by atoms with Gasteiger partial charge < -0.3 is 19.4 Å². The zero-order valence-electron chi connectivity index (χ0n) is 19.6. The number of carbonyl (C=O) groups excluding carboxylic acids is 2. The highest BCUT2D eigenvalue weighted by Gasteiger charge is 2.25. The van der Waals surface area contributed by atoms with E-state index in [1.807, 2.05) is 74.2 Å². The van der Waals surface area contributed by atoms with Gasteiger partial charge in [0.05, 0.1) is 7.11 Å². The summed E-state index contributed by atoms with van der Waals surface area (Å²) in [7, 11) is 1.59. The fourth-order valence-electron chi connectivity index (χ4n) is 3.99. The third-order valence-electron chi connectivity index (χ3n) is 5.61. The lowest BCUT2D eigenvalue weighted by atomic mass is 9.92. The summed E-state index contributed by atoms with van der Waals surface area (Å²) in [4.78, 5) is 27.0. The molecule has 0 aliphatic carbocycles. The molecule has 0 saturated heterocycles. The summed E-state index contributed by atoms with van der Waals surface area (Å²) < 4.78 is 11.3. The average molecular weight is 447 g/mol. The minimum Gasteiger partial charge on any atom is -0.497 e. The fraction of sp³-hybridized carbons (Fsp3) is 0.333. The highest BCUT2D eigenvalue weighted by atomic mass is 16.5. The number of anilines is 1. The number of amides is 2. The summed E-state index contributed by atoms with van der Waals surface area (Å²) in [5.41, 5.74) is 3.28. The second-order valence-corrected chi connectivity index (χ2v) is 9.63. The normalized spacial score (nSPS) is 13.4. The van der Waals surface area contributed by atoms with Crippen molar-refractivity contribution in [2.75, 3.05) is 19.0 Å². The minimum absolute atomic E-state index is 0.00417. The van der Waals surface area contributed by atoms with Crippen LogP contribution in [-0.4, -0.2) is 30.4 Å². The van der Waals surface area contributed by atoms with E-state index in [4.69, 9.17) is 9.15 Å². The van der Waals surface area contributed by atoms with E-state index in [-0.39, 0.29) is 17.2 Å². The van der Waals surface area contributed by atoms with E-state index in [1.54, 1.807) is 13.2 Å². The molecule has 2 aromatic carbocycles. The molecular formula is C27H30N2O4. The molecular weight excluding hydrogens is 416 g/mol. The summed E-state index contributed by atoms with van der Waals surface area (Å²) in [6, 6.07) is 16.9. The number of methoxy groups -OCH3 is 1. The van der Waals surface area contributed by atoms with E-state index in [2.05, 4.69) is 5.32 Å². The van der Waals surface area contributed by atoms with Gasteiger partial charge in [-0.25, -0.2) is 0 Å². The van der Waals surface area contributed by atoms with Crippen molar-refractivity contribution < 1.29 is 18.7 Å². The molecule has 0 unspecified atom stereocenters. The molecule has 1 aliphatic rings. The molecule has 3 aromatic rings. The summed E-state index contributed by atoms with van der Waals surface area (Å²) >= 11 is 0. The highest BCUT2D eigenvalue weighted by molar-refractivity contribution is 5.94. The Balaban J connectivity index is 1.44. The third-order valence-corrected chi connectivity index (χ3v) is 5.61.